The monoisotopic (exact) mass is 373 g/mol. The second-order valence-electron chi connectivity index (χ2n) is 3.82. The number of anilines is 1. The van der Waals surface area contributed by atoms with E-state index in [0.717, 1.165) is 26.0 Å². The number of rotatable bonds is 3. The molecule has 0 aliphatic heterocycles. The number of nitrogens with two attached hydrogens (primary N) is 1. The first-order valence-electron chi connectivity index (χ1n) is 5.45. The fraction of sp³-hybridized carbons (Fsp3) is 0.154. The van der Waals surface area contributed by atoms with Crippen LogP contribution in [0.1, 0.15) is 22.2 Å². The standard InChI is InChI=1S/C13H12INO2S/c1-2-9-10(15)12(13(16)17)18-11(9)7-3-5-8(14)6-4-7/h3-6H,2,15H2,1H3,(H,16,17). The number of carbonyl (C=O) groups is 1. The molecule has 0 bridgehead atoms. The number of thiophene rings is 1. The third kappa shape index (κ3) is 2.37. The number of hydrogen-bond donors (Lipinski definition) is 2. The van der Waals surface area contributed by atoms with Gasteiger partial charge in [0.25, 0.3) is 0 Å². The molecule has 2 aromatic rings. The van der Waals surface area contributed by atoms with Crippen molar-refractivity contribution in [2.45, 2.75) is 13.3 Å². The summed E-state index contributed by atoms with van der Waals surface area (Å²) < 4.78 is 1.15. The topological polar surface area (TPSA) is 63.3 Å². The molecule has 1 aromatic carbocycles. The first kappa shape index (κ1) is 13.4. The van der Waals surface area contributed by atoms with Crippen LogP contribution in [0.15, 0.2) is 24.3 Å². The highest BCUT2D eigenvalue weighted by atomic mass is 127. The van der Waals surface area contributed by atoms with Crippen molar-refractivity contribution in [3.8, 4) is 10.4 Å². The lowest BCUT2D eigenvalue weighted by Gasteiger charge is -2.02. The molecule has 94 valence electrons. The van der Waals surface area contributed by atoms with Crippen molar-refractivity contribution in [3.63, 3.8) is 0 Å². The molecule has 0 atom stereocenters. The van der Waals surface area contributed by atoms with Crippen molar-refractivity contribution >= 4 is 45.6 Å². The van der Waals surface area contributed by atoms with E-state index in [9.17, 15) is 4.79 Å². The number of nitrogen functional groups attached to an aromatic ring is 1. The molecule has 5 heteroatoms. The minimum atomic E-state index is -0.955. The van der Waals surface area contributed by atoms with Gasteiger partial charge >= 0.3 is 5.97 Å². The van der Waals surface area contributed by atoms with Crippen LogP contribution in [0.25, 0.3) is 10.4 Å². The lowest BCUT2D eigenvalue weighted by atomic mass is 10.1. The van der Waals surface area contributed by atoms with Crippen molar-refractivity contribution < 1.29 is 9.90 Å². The molecule has 3 N–H and O–H groups in total. The van der Waals surface area contributed by atoms with Crippen LogP contribution < -0.4 is 5.73 Å². The van der Waals surface area contributed by atoms with Gasteiger partial charge in [-0.05, 0) is 52.3 Å². The summed E-state index contributed by atoms with van der Waals surface area (Å²) in [5.74, 6) is -0.955. The van der Waals surface area contributed by atoms with E-state index in [4.69, 9.17) is 10.8 Å². The molecule has 0 saturated carbocycles. The van der Waals surface area contributed by atoms with E-state index in [1.807, 2.05) is 31.2 Å². The zero-order valence-electron chi connectivity index (χ0n) is 9.74. The Morgan fingerprint density at radius 2 is 2.00 bits per heavy atom. The van der Waals surface area contributed by atoms with E-state index >= 15 is 0 Å². The predicted molar refractivity (Wildman–Crippen MR) is 83.2 cm³/mol. The van der Waals surface area contributed by atoms with Crippen LogP contribution in [0.3, 0.4) is 0 Å². The SMILES string of the molecule is CCc1c(-c2ccc(I)cc2)sc(C(=O)O)c1N. The van der Waals surface area contributed by atoms with Crippen LogP contribution in [0.5, 0.6) is 0 Å². The van der Waals surface area contributed by atoms with Gasteiger partial charge in [-0.3, -0.25) is 0 Å². The van der Waals surface area contributed by atoms with Gasteiger partial charge in [-0.15, -0.1) is 11.3 Å². The van der Waals surface area contributed by atoms with Crippen molar-refractivity contribution in [3.05, 3.63) is 38.3 Å². The quantitative estimate of drug-likeness (QED) is 0.804. The molecule has 2 rings (SSSR count). The summed E-state index contributed by atoms with van der Waals surface area (Å²) in [6.07, 6.45) is 0.733. The number of hydrogen-bond acceptors (Lipinski definition) is 3. The van der Waals surface area contributed by atoms with Gasteiger partial charge in [0.15, 0.2) is 0 Å². The largest absolute Gasteiger partial charge is 0.477 e. The highest BCUT2D eigenvalue weighted by Crippen LogP contribution is 2.39. The summed E-state index contributed by atoms with van der Waals surface area (Å²) in [5, 5.41) is 9.12. The minimum Gasteiger partial charge on any atom is -0.477 e. The zero-order valence-corrected chi connectivity index (χ0v) is 12.7. The number of benzene rings is 1. The first-order valence-corrected chi connectivity index (χ1v) is 7.34. The van der Waals surface area contributed by atoms with Crippen LogP contribution in [0, 0.1) is 3.57 Å². The smallest absolute Gasteiger partial charge is 0.348 e. The molecule has 0 amide bonds. The molecule has 0 fully saturated rings. The van der Waals surface area contributed by atoms with Crippen LogP contribution >= 0.6 is 33.9 Å². The molecule has 1 heterocycles. The normalized spacial score (nSPS) is 10.6. The molecular weight excluding hydrogens is 361 g/mol. The summed E-state index contributed by atoms with van der Waals surface area (Å²) in [6.45, 7) is 1.99. The third-order valence-corrected chi connectivity index (χ3v) is 4.71. The fourth-order valence-corrected chi connectivity index (χ4v) is 3.34. The van der Waals surface area contributed by atoms with Crippen molar-refractivity contribution in [2.24, 2.45) is 0 Å². The van der Waals surface area contributed by atoms with Gasteiger partial charge in [0.2, 0.25) is 0 Å². The molecular formula is C13H12INO2S. The molecule has 1 aromatic heterocycles. The summed E-state index contributed by atoms with van der Waals surface area (Å²) in [6, 6.07) is 8.01. The molecule has 0 aliphatic rings. The highest BCUT2D eigenvalue weighted by molar-refractivity contribution is 14.1. The van der Waals surface area contributed by atoms with Gasteiger partial charge in [0, 0.05) is 8.45 Å². The summed E-state index contributed by atoms with van der Waals surface area (Å²) in [5.41, 5.74) is 8.27. The van der Waals surface area contributed by atoms with E-state index in [-0.39, 0.29) is 4.88 Å². The van der Waals surface area contributed by atoms with Crippen LogP contribution in [0.2, 0.25) is 0 Å². The fourth-order valence-electron chi connectivity index (χ4n) is 1.82. The summed E-state index contributed by atoms with van der Waals surface area (Å²) in [7, 11) is 0. The zero-order chi connectivity index (χ0) is 13.3. The summed E-state index contributed by atoms with van der Waals surface area (Å²) >= 11 is 3.49. The van der Waals surface area contributed by atoms with Crippen molar-refractivity contribution in [1.29, 1.82) is 0 Å². The van der Waals surface area contributed by atoms with Crippen LogP contribution in [-0.4, -0.2) is 11.1 Å². The maximum atomic E-state index is 11.1. The Bertz CT molecular complexity index is 590. The van der Waals surface area contributed by atoms with Gasteiger partial charge in [0.1, 0.15) is 4.88 Å². The molecule has 18 heavy (non-hydrogen) atoms. The molecule has 0 aliphatic carbocycles. The Kier molecular flexibility index (Phi) is 3.91. The first-order chi connectivity index (χ1) is 8.54. The molecule has 0 saturated heterocycles. The number of aromatic carboxylic acids is 1. The maximum absolute atomic E-state index is 11.1. The van der Waals surface area contributed by atoms with E-state index in [2.05, 4.69) is 22.6 Å². The van der Waals surface area contributed by atoms with Gasteiger partial charge in [-0.2, -0.15) is 0 Å². The second kappa shape index (κ2) is 5.27. The van der Waals surface area contributed by atoms with E-state index in [0.29, 0.717) is 5.69 Å². The van der Waals surface area contributed by atoms with Gasteiger partial charge in [-0.1, -0.05) is 19.1 Å². The Morgan fingerprint density at radius 1 is 1.39 bits per heavy atom. The van der Waals surface area contributed by atoms with Gasteiger partial charge < -0.3 is 10.8 Å². The minimum absolute atomic E-state index is 0.236. The molecule has 0 radical (unpaired) electrons. The van der Waals surface area contributed by atoms with Crippen molar-refractivity contribution in [1.82, 2.24) is 0 Å². The maximum Gasteiger partial charge on any atom is 0.348 e. The Morgan fingerprint density at radius 3 is 2.50 bits per heavy atom. The van der Waals surface area contributed by atoms with Crippen LogP contribution in [0.4, 0.5) is 5.69 Å². The van der Waals surface area contributed by atoms with E-state index in [1.165, 1.54) is 11.3 Å². The van der Waals surface area contributed by atoms with Crippen molar-refractivity contribution in [2.75, 3.05) is 5.73 Å². The highest BCUT2D eigenvalue weighted by Gasteiger charge is 2.20. The Balaban J connectivity index is 2.60. The van der Waals surface area contributed by atoms with Gasteiger partial charge in [0.05, 0.1) is 5.69 Å². The molecule has 0 spiro atoms. The average Bonchev–Trinajstić information content (AvgIpc) is 2.67. The number of carboxylic acids is 1. The lowest BCUT2D eigenvalue weighted by molar-refractivity contribution is 0.0703. The molecule has 3 nitrogen and oxygen atoms in total. The predicted octanol–water partition coefficient (Wildman–Crippen LogP) is 3.86. The number of halogens is 1. The Hall–Kier alpha value is -1.08. The summed E-state index contributed by atoms with van der Waals surface area (Å²) in [4.78, 5) is 12.3. The average molecular weight is 373 g/mol. The van der Waals surface area contributed by atoms with E-state index in [1.54, 1.807) is 0 Å². The lowest BCUT2D eigenvalue weighted by Crippen LogP contribution is -1.99. The second-order valence-corrected chi connectivity index (χ2v) is 6.08. The van der Waals surface area contributed by atoms with E-state index < -0.39 is 5.97 Å². The Labute approximate surface area is 123 Å². The van der Waals surface area contributed by atoms with Gasteiger partial charge in [-0.25, -0.2) is 4.79 Å². The molecule has 0 unspecified atom stereocenters. The third-order valence-electron chi connectivity index (χ3n) is 2.70. The van der Waals surface area contributed by atoms with Crippen LogP contribution in [-0.2, 0) is 6.42 Å². The number of carboxylic acid groups (broad SMARTS) is 1.